The van der Waals surface area contributed by atoms with Gasteiger partial charge in [-0.2, -0.15) is 0 Å². The van der Waals surface area contributed by atoms with E-state index in [9.17, 15) is 4.79 Å². The second kappa shape index (κ2) is 7.61. The second-order valence-corrected chi connectivity index (χ2v) is 4.19. The molecule has 0 amide bonds. The highest BCUT2D eigenvalue weighted by atomic mass is 16.1. The first-order valence-corrected chi connectivity index (χ1v) is 6.08. The molecule has 17 heavy (non-hydrogen) atoms. The van der Waals surface area contributed by atoms with E-state index in [4.69, 9.17) is 0 Å². The summed E-state index contributed by atoms with van der Waals surface area (Å²) in [6.45, 7) is 5.68. The summed E-state index contributed by atoms with van der Waals surface area (Å²) < 4.78 is 0. The van der Waals surface area contributed by atoms with Crippen LogP contribution < -0.4 is 0 Å². The van der Waals surface area contributed by atoms with Gasteiger partial charge in [0.2, 0.25) is 0 Å². The van der Waals surface area contributed by atoms with Gasteiger partial charge in [-0.1, -0.05) is 42.5 Å². The Morgan fingerprint density at radius 3 is 2.65 bits per heavy atom. The van der Waals surface area contributed by atoms with Crippen LogP contribution in [-0.4, -0.2) is 5.78 Å². The SMILES string of the molecule is C=C[C@H](CCc1ccccc1)CC(=O)/C=C/C. The Labute approximate surface area is 104 Å². The number of hydrogen-bond acceptors (Lipinski definition) is 1. The van der Waals surface area contributed by atoms with Crippen LogP contribution in [0.4, 0.5) is 0 Å². The molecule has 1 aromatic carbocycles. The van der Waals surface area contributed by atoms with Gasteiger partial charge in [0.1, 0.15) is 0 Å². The van der Waals surface area contributed by atoms with Gasteiger partial charge in [0, 0.05) is 6.42 Å². The fourth-order valence-corrected chi connectivity index (χ4v) is 1.81. The van der Waals surface area contributed by atoms with Crippen LogP contribution in [0.2, 0.25) is 0 Å². The molecule has 0 radical (unpaired) electrons. The first-order valence-electron chi connectivity index (χ1n) is 6.08. The number of rotatable bonds is 7. The Kier molecular flexibility index (Phi) is 6.02. The average Bonchev–Trinajstić information content (AvgIpc) is 2.36. The molecule has 0 heterocycles. The first kappa shape index (κ1) is 13.4. The van der Waals surface area contributed by atoms with Gasteiger partial charge in [0.25, 0.3) is 0 Å². The van der Waals surface area contributed by atoms with Crippen molar-refractivity contribution in [3.8, 4) is 0 Å². The lowest BCUT2D eigenvalue weighted by molar-refractivity contribution is -0.115. The maximum atomic E-state index is 11.5. The van der Waals surface area contributed by atoms with Crippen LogP contribution in [0.25, 0.3) is 0 Å². The molecule has 0 bridgehead atoms. The summed E-state index contributed by atoms with van der Waals surface area (Å²) in [4.78, 5) is 11.5. The van der Waals surface area contributed by atoms with E-state index in [1.54, 1.807) is 12.2 Å². The van der Waals surface area contributed by atoms with E-state index in [1.807, 2.05) is 31.2 Å². The Morgan fingerprint density at radius 2 is 2.06 bits per heavy atom. The molecule has 0 aliphatic heterocycles. The van der Waals surface area contributed by atoms with Gasteiger partial charge in [-0.05, 0) is 37.3 Å². The van der Waals surface area contributed by atoms with Crippen molar-refractivity contribution in [2.75, 3.05) is 0 Å². The third-order valence-electron chi connectivity index (χ3n) is 2.80. The fraction of sp³-hybridized carbons (Fsp3) is 0.312. The highest BCUT2D eigenvalue weighted by Crippen LogP contribution is 2.15. The van der Waals surface area contributed by atoms with Crippen LogP contribution in [0.15, 0.2) is 55.1 Å². The van der Waals surface area contributed by atoms with Gasteiger partial charge in [-0.15, -0.1) is 6.58 Å². The average molecular weight is 228 g/mol. The summed E-state index contributed by atoms with van der Waals surface area (Å²) in [5, 5.41) is 0. The summed E-state index contributed by atoms with van der Waals surface area (Å²) in [6, 6.07) is 10.3. The third kappa shape index (κ3) is 5.30. The Bertz CT molecular complexity index is 376. The van der Waals surface area contributed by atoms with Crippen molar-refractivity contribution in [1.82, 2.24) is 0 Å². The van der Waals surface area contributed by atoms with Crippen molar-refractivity contribution >= 4 is 5.78 Å². The summed E-state index contributed by atoms with van der Waals surface area (Å²) in [5.74, 6) is 0.462. The van der Waals surface area contributed by atoms with Crippen LogP contribution >= 0.6 is 0 Å². The number of benzene rings is 1. The summed E-state index contributed by atoms with van der Waals surface area (Å²) in [7, 11) is 0. The fourth-order valence-electron chi connectivity index (χ4n) is 1.81. The van der Waals surface area contributed by atoms with Crippen molar-refractivity contribution in [3.05, 3.63) is 60.7 Å². The lowest BCUT2D eigenvalue weighted by Gasteiger charge is -2.10. The van der Waals surface area contributed by atoms with E-state index < -0.39 is 0 Å². The van der Waals surface area contributed by atoms with Crippen LogP contribution in [0.3, 0.4) is 0 Å². The predicted octanol–water partition coefficient (Wildman–Crippen LogP) is 3.96. The minimum Gasteiger partial charge on any atom is -0.295 e. The summed E-state index contributed by atoms with van der Waals surface area (Å²) in [5.41, 5.74) is 1.32. The molecule has 0 fully saturated rings. The minimum atomic E-state index is 0.186. The zero-order chi connectivity index (χ0) is 12.5. The Hall–Kier alpha value is -1.63. The molecular formula is C16H20O. The van der Waals surface area contributed by atoms with Crippen molar-refractivity contribution in [3.63, 3.8) is 0 Å². The molecule has 1 atom stereocenters. The first-order chi connectivity index (χ1) is 8.26. The second-order valence-electron chi connectivity index (χ2n) is 4.19. The molecule has 1 nitrogen and oxygen atoms in total. The van der Waals surface area contributed by atoms with Gasteiger partial charge in [0.15, 0.2) is 5.78 Å². The van der Waals surface area contributed by atoms with E-state index in [2.05, 4.69) is 18.7 Å². The summed E-state index contributed by atoms with van der Waals surface area (Å²) >= 11 is 0. The topological polar surface area (TPSA) is 17.1 Å². The molecule has 0 saturated heterocycles. The standard InChI is InChI=1S/C16H20O/c1-3-8-16(17)13-14(4-2)11-12-15-9-6-5-7-10-15/h3-10,14H,2,11-13H2,1H3/b8-3+/t14-/m1/s1. The predicted molar refractivity (Wildman–Crippen MR) is 72.9 cm³/mol. The van der Waals surface area contributed by atoms with Gasteiger partial charge in [-0.25, -0.2) is 0 Å². The lowest BCUT2D eigenvalue weighted by atomic mass is 9.94. The maximum absolute atomic E-state index is 11.5. The number of carbonyl (C=O) groups excluding carboxylic acids is 1. The van der Waals surface area contributed by atoms with Gasteiger partial charge >= 0.3 is 0 Å². The highest BCUT2D eigenvalue weighted by Gasteiger charge is 2.08. The van der Waals surface area contributed by atoms with Crippen molar-refractivity contribution < 1.29 is 4.79 Å². The van der Waals surface area contributed by atoms with Crippen LogP contribution in [0, 0.1) is 5.92 Å². The molecule has 0 N–H and O–H groups in total. The minimum absolute atomic E-state index is 0.186. The molecule has 0 aliphatic carbocycles. The third-order valence-corrected chi connectivity index (χ3v) is 2.80. The van der Waals surface area contributed by atoms with E-state index in [-0.39, 0.29) is 11.7 Å². The molecule has 0 saturated carbocycles. The van der Waals surface area contributed by atoms with Gasteiger partial charge in [-0.3, -0.25) is 4.79 Å². The van der Waals surface area contributed by atoms with Gasteiger partial charge in [0.05, 0.1) is 0 Å². The molecule has 90 valence electrons. The molecule has 1 rings (SSSR count). The van der Waals surface area contributed by atoms with Crippen LogP contribution in [-0.2, 0) is 11.2 Å². The van der Waals surface area contributed by atoms with Crippen LogP contribution in [0.1, 0.15) is 25.3 Å². The van der Waals surface area contributed by atoms with E-state index in [0.717, 1.165) is 12.8 Å². The number of hydrogen-bond donors (Lipinski definition) is 0. The largest absolute Gasteiger partial charge is 0.295 e. The normalized spacial score (nSPS) is 12.5. The molecular weight excluding hydrogens is 208 g/mol. The number of aryl methyl sites for hydroxylation is 1. The Balaban J connectivity index is 2.42. The highest BCUT2D eigenvalue weighted by molar-refractivity contribution is 5.89. The van der Waals surface area contributed by atoms with Crippen molar-refractivity contribution in [2.45, 2.75) is 26.2 Å². The van der Waals surface area contributed by atoms with E-state index >= 15 is 0 Å². The van der Waals surface area contributed by atoms with Crippen molar-refractivity contribution in [1.29, 1.82) is 0 Å². The molecule has 0 spiro atoms. The molecule has 0 aromatic heterocycles. The number of allylic oxidation sites excluding steroid dienone is 3. The van der Waals surface area contributed by atoms with E-state index in [1.165, 1.54) is 5.56 Å². The zero-order valence-electron chi connectivity index (χ0n) is 10.4. The van der Waals surface area contributed by atoms with Crippen molar-refractivity contribution in [2.24, 2.45) is 5.92 Å². The quantitative estimate of drug-likeness (QED) is 0.510. The van der Waals surface area contributed by atoms with Crippen LogP contribution in [0.5, 0.6) is 0 Å². The molecule has 0 unspecified atom stereocenters. The van der Waals surface area contributed by atoms with E-state index in [0.29, 0.717) is 6.42 Å². The Morgan fingerprint density at radius 1 is 1.35 bits per heavy atom. The maximum Gasteiger partial charge on any atom is 0.155 e. The smallest absolute Gasteiger partial charge is 0.155 e. The number of ketones is 1. The van der Waals surface area contributed by atoms with Gasteiger partial charge < -0.3 is 0 Å². The molecule has 0 aliphatic rings. The summed E-state index contributed by atoms with van der Waals surface area (Å²) in [6.07, 6.45) is 7.88. The number of carbonyl (C=O) groups is 1. The molecule has 1 heteroatoms. The zero-order valence-corrected chi connectivity index (χ0v) is 10.4. The molecule has 1 aromatic rings. The monoisotopic (exact) mass is 228 g/mol. The lowest BCUT2D eigenvalue weighted by Crippen LogP contribution is -2.05.